The van der Waals surface area contributed by atoms with Gasteiger partial charge in [0.05, 0.1) is 10.6 Å². The number of carbonyl (C=O) groups is 1. The SMILES string of the molecule is CC(C)CCC[C@H](C)[C@@H]1CC[C@@H]2[C@@H]3CC=C4C[C@H](OC(=O)c5ccc(Cl)cc5Cl)CC[C@]4(C)[C@H]3CC[C@]2(C)C1. The van der Waals surface area contributed by atoms with Crippen LogP contribution in [0.4, 0.5) is 0 Å². The zero-order chi connectivity index (χ0) is 27.9. The van der Waals surface area contributed by atoms with Crippen LogP contribution in [-0.2, 0) is 4.74 Å². The Labute approximate surface area is 247 Å². The molecule has 39 heavy (non-hydrogen) atoms. The molecule has 0 aliphatic heterocycles. The smallest absolute Gasteiger partial charge is 0.339 e. The molecule has 1 aromatic rings. The average molecular weight is 574 g/mol. The molecule has 5 rings (SSSR count). The van der Waals surface area contributed by atoms with Crippen molar-refractivity contribution in [1.82, 2.24) is 0 Å². The van der Waals surface area contributed by atoms with Crippen molar-refractivity contribution in [1.29, 1.82) is 0 Å². The highest BCUT2D eigenvalue weighted by Crippen LogP contribution is 2.65. The highest BCUT2D eigenvalue weighted by Gasteiger charge is 2.56. The molecule has 0 radical (unpaired) electrons. The first kappa shape index (κ1) is 29.5. The van der Waals surface area contributed by atoms with E-state index in [1.54, 1.807) is 23.8 Å². The van der Waals surface area contributed by atoms with E-state index in [9.17, 15) is 4.79 Å². The lowest BCUT2D eigenvalue weighted by atomic mass is 9.44. The first-order valence-corrected chi connectivity index (χ1v) is 16.6. The van der Waals surface area contributed by atoms with Crippen LogP contribution in [0.2, 0.25) is 10.0 Å². The van der Waals surface area contributed by atoms with Gasteiger partial charge in [0, 0.05) is 11.4 Å². The third kappa shape index (κ3) is 5.99. The van der Waals surface area contributed by atoms with Gasteiger partial charge in [0.2, 0.25) is 0 Å². The largest absolute Gasteiger partial charge is 0.458 e. The number of rotatable bonds is 7. The fraction of sp³-hybridized carbons (Fsp3) is 0.743. The fourth-order valence-electron chi connectivity index (χ4n) is 9.47. The van der Waals surface area contributed by atoms with Crippen molar-refractivity contribution >= 4 is 29.2 Å². The van der Waals surface area contributed by atoms with Gasteiger partial charge in [-0.25, -0.2) is 4.79 Å². The van der Waals surface area contributed by atoms with Gasteiger partial charge < -0.3 is 4.74 Å². The van der Waals surface area contributed by atoms with Gasteiger partial charge in [-0.05, 0) is 116 Å². The van der Waals surface area contributed by atoms with E-state index in [4.69, 9.17) is 27.9 Å². The zero-order valence-electron chi connectivity index (χ0n) is 24.9. The molecule has 0 heterocycles. The summed E-state index contributed by atoms with van der Waals surface area (Å²) in [5, 5.41) is 0.887. The van der Waals surface area contributed by atoms with E-state index in [0.29, 0.717) is 21.0 Å². The molecule has 4 aliphatic carbocycles. The third-order valence-electron chi connectivity index (χ3n) is 11.8. The maximum absolute atomic E-state index is 12.9. The number of carbonyl (C=O) groups excluding carboxylic acids is 1. The summed E-state index contributed by atoms with van der Waals surface area (Å²) in [7, 11) is 0. The molecule has 0 spiro atoms. The molecular weight excluding hydrogens is 523 g/mol. The molecule has 0 saturated heterocycles. The van der Waals surface area contributed by atoms with Crippen molar-refractivity contribution < 1.29 is 9.53 Å². The lowest BCUT2D eigenvalue weighted by Crippen LogP contribution is -2.52. The van der Waals surface area contributed by atoms with Crippen LogP contribution in [0.3, 0.4) is 0 Å². The number of esters is 1. The minimum atomic E-state index is -0.330. The van der Waals surface area contributed by atoms with Crippen LogP contribution in [0.25, 0.3) is 0 Å². The lowest BCUT2D eigenvalue weighted by molar-refractivity contribution is -0.0866. The summed E-state index contributed by atoms with van der Waals surface area (Å²) in [6.45, 7) is 12.4. The second-order valence-corrected chi connectivity index (χ2v) is 15.5. The van der Waals surface area contributed by atoms with E-state index in [1.807, 2.05) is 0 Å². The predicted octanol–water partition coefficient (Wildman–Crippen LogP) is 11.0. The summed E-state index contributed by atoms with van der Waals surface area (Å²) in [4.78, 5) is 12.9. The fourth-order valence-corrected chi connectivity index (χ4v) is 9.96. The van der Waals surface area contributed by atoms with E-state index in [1.165, 1.54) is 57.8 Å². The molecule has 2 nitrogen and oxygen atoms in total. The van der Waals surface area contributed by atoms with Crippen molar-refractivity contribution in [2.24, 2.45) is 46.3 Å². The number of halogens is 2. The van der Waals surface area contributed by atoms with Crippen LogP contribution >= 0.6 is 23.2 Å². The number of allylic oxidation sites excluding steroid dienone is 1. The summed E-state index contributed by atoms with van der Waals surface area (Å²) < 4.78 is 6.00. The Morgan fingerprint density at radius 2 is 1.82 bits per heavy atom. The van der Waals surface area contributed by atoms with Gasteiger partial charge in [0.15, 0.2) is 0 Å². The van der Waals surface area contributed by atoms with E-state index in [2.05, 4.69) is 40.7 Å². The Balaban J connectivity index is 1.23. The third-order valence-corrected chi connectivity index (χ3v) is 12.4. The zero-order valence-corrected chi connectivity index (χ0v) is 26.4. The molecule has 0 amide bonds. The quantitative estimate of drug-likeness (QED) is 0.240. The van der Waals surface area contributed by atoms with E-state index in [0.717, 1.165) is 54.8 Å². The van der Waals surface area contributed by atoms with Gasteiger partial charge in [0.1, 0.15) is 6.10 Å². The minimum absolute atomic E-state index is 0.0680. The van der Waals surface area contributed by atoms with Crippen LogP contribution < -0.4 is 0 Å². The molecule has 0 unspecified atom stereocenters. The Bertz CT molecular complexity index is 1080. The molecule has 0 bridgehead atoms. The van der Waals surface area contributed by atoms with Crippen LogP contribution in [0.15, 0.2) is 29.8 Å². The summed E-state index contributed by atoms with van der Waals surface area (Å²) in [5.74, 6) is 4.75. The molecule has 216 valence electrons. The van der Waals surface area contributed by atoms with E-state index < -0.39 is 0 Å². The van der Waals surface area contributed by atoms with E-state index >= 15 is 0 Å². The van der Waals surface area contributed by atoms with Crippen molar-refractivity contribution in [3.63, 3.8) is 0 Å². The van der Waals surface area contributed by atoms with Crippen molar-refractivity contribution in [2.45, 2.75) is 118 Å². The average Bonchev–Trinajstić information content (AvgIpc) is 2.87. The molecule has 4 aliphatic rings. The first-order valence-electron chi connectivity index (χ1n) is 15.9. The molecule has 0 N–H and O–H groups in total. The maximum Gasteiger partial charge on any atom is 0.339 e. The first-order chi connectivity index (χ1) is 18.5. The second-order valence-electron chi connectivity index (χ2n) is 14.7. The van der Waals surface area contributed by atoms with Crippen LogP contribution in [0.5, 0.6) is 0 Å². The van der Waals surface area contributed by atoms with Crippen LogP contribution in [0.1, 0.15) is 122 Å². The van der Waals surface area contributed by atoms with Crippen molar-refractivity contribution in [3.8, 4) is 0 Å². The van der Waals surface area contributed by atoms with Crippen LogP contribution in [0, 0.1) is 46.3 Å². The van der Waals surface area contributed by atoms with Gasteiger partial charge in [-0.1, -0.05) is 88.7 Å². The van der Waals surface area contributed by atoms with Gasteiger partial charge in [-0.2, -0.15) is 0 Å². The Kier molecular flexibility index (Phi) is 8.86. The standard InChI is InChI=1S/C35H50Cl2O2/c1-22(2)7-6-8-23(3)24-9-14-30-28-12-10-25-19-27(39-33(38)29-13-11-26(36)20-32(29)37)15-18-35(25,5)31(28)16-17-34(30,4)21-24/h10-11,13,20,22-24,27-28,30-31H,6-9,12,14-19,21H2,1-5H3/t23-,24+,27+,28-,30+,31-,34+,35-/m0/s1. The summed E-state index contributed by atoms with van der Waals surface area (Å²) >= 11 is 12.3. The molecule has 0 aromatic heterocycles. The molecule has 4 heteroatoms. The van der Waals surface area contributed by atoms with Crippen LogP contribution in [-0.4, -0.2) is 12.1 Å². The predicted molar refractivity (Wildman–Crippen MR) is 163 cm³/mol. The van der Waals surface area contributed by atoms with E-state index in [-0.39, 0.29) is 17.5 Å². The molecule has 3 fully saturated rings. The number of hydrogen-bond donors (Lipinski definition) is 0. The molecular formula is C35H50Cl2O2. The summed E-state index contributed by atoms with van der Waals surface area (Å²) in [6, 6.07) is 4.98. The second kappa shape index (κ2) is 11.7. The number of hydrogen-bond acceptors (Lipinski definition) is 2. The summed E-state index contributed by atoms with van der Waals surface area (Å²) in [6.07, 6.45) is 17.9. The van der Waals surface area contributed by atoms with Crippen molar-refractivity contribution in [3.05, 3.63) is 45.5 Å². The topological polar surface area (TPSA) is 26.3 Å². The minimum Gasteiger partial charge on any atom is -0.458 e. The molecule has 8 atom stereocenters. The summed E-state index contributed by atoms with van der Waals surface area (Å²) in [5.41, 5.74) is 2.73. The van der Waals surface area contributed by atoms with Gasteiger partial charge in [0.25, 0.3) is 0 Å². The number of ether oxygens (including phenoxy) is 1. The van der Waals surface area contributed by atoms with Gasteiger partial charge in [-0.15, -0.1) is 0 Å². The molecule has 1 aromatic carbocycles. The van der Waals surface area contributed by atoms with Gasteiger partial charge >= 0.3 is 5.97 Å². The highest BCUT2D eigenvalue weighted by molar-refractivity contribution is 6.36. The maximum atomic E-state index is 12.9. The number of benzene rings is 1. The number of fused-ring (bicyclic) bond motifs is 5. The Hall–Kier alpha value is -0.990. The highest BCUT2D eigenvalue weighted by atomic mass is 35.5. The normalized spacial score (nSPS) is 36.8. The Morgan fingerprint density at radius 3 is 2.56 bits per heavy atom. The lowest BCUT2D eigenvalue weighted by Gasteiger charge is -2.61. The Morgan fingerprint density at radius 1 is 1.03 bits per heavy atom. The molecule has 3 saturated carbocycles. The van der Waals surface area contributed by atoms with Gasteiger partial charge in [-0.3, -0.25) is 0 Å². The monoisotopic (exact) mass is 572 g/mol. The van der Waals surface area contributed by atoms with Crippen molar-refractivity contribution in [2.75, 3.05) is 0 Å².